The van der Waals surface area contributed by atoms with Gasteiger partial charge >= 0.3 is 0 Å². The van der Waals surface area contributed by atoms with Crippen LogP contribution in [-0.4, -0.2) is 26.5 Å². The van der Waals surface area contributed by atoms with Gasteiger partial charge in [-0.05, 0) is 23.4 Å². The van der Waals surface area contributed by atoms with Crippen molar-refractivity contribution >= 4 is 46.5 Å². The van der Waals surface area contributed by atoms with Crippen LogP contribution < -0.4 is 5.32 Å². The van der Waals surface area contributed by atoms with Gasteiger partial charge in [-0.2, -0.15) is 0 Å². The Bertz CT molecular complexity index is 552. The summed E-state index contributed by atoms with van der Waals surface area (Å²) in [6.07, 6.45) is 0. The van der Waals surface area contributed by atoms with Gasteiger partial charge in [-0.1, -0.05) is 27.9 Å². The molecule has 0 spiro atoms. The number of halogens is 2. The van der Waals surface area contributed by atoms with Crippen LogP contribution in [-0.2, 0) is 4.79 Å². The fourth-order valence-corrected chi connectivity index (χ4v) is 2.38. The summed E-state index contributed by atoms with van der Waals surface area (Å²) in [5.41, 5.74) is 0.447. The number of carbonyl (C=O) groups excluding carboxylic acids is 1. The van der Waals surface area contributed by atoms with Crippen LogP contribution >= 0.6 is 34.9 Å². The first kappa shape index (κ1) is 13.2. The zero-order valence-electron chi connectivity index (χ0n) is 8.76. The summed E-state index contributed by atoms with van der Waals surface area (Å²) in [5, 5.41) is 9.67. The predicted molar refractivity (Wildman–Crippen MR) is 68.5 cm³/mol. The van der Waals surface area contributed by atoms with E-state index in [2.05, 4.69) is 20.1 Å². The maximum absolute atomic E-state index is 12.9. The monoisotopic (exact) mass is 304 g/mol. The fourth-order valence-electron chi connectivity index (χ4n) is 1.08. The van der Waals surface area contributed by atoms with Gasteiger partial charge in [0.05, 0.1) is 10.8 Å². The summed E-state index contributed by atoms with van der Waals surface area (Å²) in [5.74, 6) is -0.590. The van der Waals surface area contributed by atoms with Crippen molar-refractivity contribution in [1.29, 1.82) is 0 Å². The molecule has 1 heterocycles. The molecule has 0 bridgehead atoms. The number of amides is 1. The van der Waals surface area contributed by atoms with Crippen LogP contribution in [0.15, 0.2) is 22.5 Å². The molecule has 0 aliphatic rings. The highest BCUT2D eigenvalue weighted by Crippen LogP contribution is 2.20. The van der Waals surface area contributed by atoms with Crippen molar-refractivity contribution < 1.29 is 9.18 Å². The maximum Gasteiger partial charge on any atom is 0.234 e. The van der Waals surface area contributed by atoms with E-state index >= 15 is 0 Å². The van der Waals surface area contributed by atoms with Crippen LogP contribution in [0.1, 0.15) is 0 Å². The first-order valence-corrected chi connectivity index (χ1v) is 6.81. The number of aromatic nitrogens is 3. The summed E-state index contributed by atoms with van der Waals surface area (Å²) in [6.45, 7) is 0. The van der Waals surface area contributed by atoms with Crippen molar-refractivity contribution in [3.05, 3.63) is 29.0 Å². The van der Waals surface area contributed by atoms with Crippen LogP contribution in [0.5, 0.6) is 0 Å². The third-order valence-electron chi connectivity index (χ3n) is 1.81. The van der Waals surface area contributed by atoms with Gasteiger partial charge < -0.3 is 5.32 Å². The minimum atomic E-state index is -0.524. The Kier molecular flexibility index (Phi) is 4.45. The zero-order valence-corrected chi connectivity index (χ0v) is 11.2. The van der Waals surface area contributed by atoms with E-state index < -0.39 is 5.82 Å². The molecule has 9 heteroatoms. The van der Waals surface area contributed by atoms with E-state index in [1.807, 2.05) is 0 Å². The highest BCUT2D eigenvalue weighted by atomic mass is 35.5. The largest absolute Gasteiger partial charge is 0.325 e. The second-order valence-corrected chi connectivity index (χ2v) is 5.46. The first-order valence-electron chi connectivity index (χ1n) is 4.68. The third-order valence-corrected chi connectivity index (χ3v) is 3.81. The van der Waals surface area contributed by atoms with Crippen LogP contribution in [0.4, 0.5) is 10.1 Å². The summed E-state index contributed by atoms with van der Waals surface area (Å²) in [7, 11) is 0. The second kappa shape index (κ2) is 6.07. The van der Waals surface area contributed by atoms with Crippen LogP contribution in [0, 0.1) is 5.82 Å². The highest BCUT2D eigenvalue weighted by molar-refractivity contribution is 8.01. The Morgan fingerprint density at radius 3 is 3.06 bits per heavy atom. The molecule has 0 unspecified atom stereocenters. The summed E-state index contributed by atoms with van der Waals surface area (Å²) in [6, 6.07) is 3.99. The Morgan fingerprint density at radius 2 is 2.39 bits per heavy atom. The molecule has 0 fully saturated rings. The van der Waals surface area contributed by atoms with Crippen molar-refractivity contribution in [1.82, 2.24) is 14.8 Å². The number of nitrogens with one attached hydrogen (secondary N) is 1. The van der Waals surface area contributed by atoms with E-state index in [-0.39, 0.29) is 16.7 Å². The Morgan fingerprint density at radius 1 is 1.56 bits per heavy atom. The van der Waals surface area contributed by atoms with E-state index in [9.17, 15) is 9.18 Å². The minimum Gasteiger partial charge on any atom is -0.325 e. The Balaban J connectivity index is 1.88. The number of hydrogen-bond acceptors (Lipinski definition) is 6. The molecule has 18 heavy (non-hydrogen) atoms. The first-order chi connectivity index (χ1) is 8.65. The lowest BCUT2D eigenvalue weighted by molar-refractivity contribution is -0.113. The molecule has 5 nitrogen and oxygen atoms in total. The lowest BCUT2D eigenvalue weighted by Gasteiger charge is -2.04. The normalized spacial score (nSPS) is 10.3. The zero-order chi connectivity index (χ0) is 13.0. The number of thioether (sulfide) groups is 1. The summed E-state index contributed by atoms with van der Waals surface area (Å²) in [4.78, 5) is 11.6. The molecule has 0 aliphatic heterocycles. The molecule has 0 radical (unpaired) electrons. The molecule has 0 atom stereocenters. The quantitative estimate of drug-likeness (QED) is 0.879. The molecular weight excluding hydrogens is 299 g/mol. The number of benzene rings is 1. The SMILES string of the molecule is O=C(CSc1nnns1)Nc1ccc(F)c(Cl)c1. The van der Waals surface area contributed by atoms with E-state index in [4.69, 9.17) is 11.6 Å². The van der Waals surface area contributed by atoms with Gasteiger partial charge in [0.2, 0.25) is 5.91 Å². The van der Waals surface area contributed by atoms with Crippen LogP contribution in [0.25, 0.3) is 0 Å². The van der Waals surface area contributed by atoms with Gasteiger partial charge in [0.25, 0.3) is 0 Å². The molecule has 1 N–H and O–H groups in total. The van der Waals surface area contributed by atoms with E-state index in [1.54, 1.807) is 0 Å². The second-order valence-electron chi connectivity index (χ2n) is 3.09. The maximum atomic E-state index is 12.9. The molecule has 94 valence electrons. The molecule has 1 aromatic heterocycles. The minimum absolute atomic E-state index is 0.0335. The van der Waals surface area contributed by atoms with E-state index in [0.717, 1.165) is 11.5 Å². The van der Waals surface area contributed by atoms with Gasteiger partial charge in [-0.15, -0.1) is 5.10 Å². The van der Waals surface area contributed by atoms with Crippen molar-refractivity contribution in [2.45, 2.75) is 4.34 Å². The van der Waals surface area contributed by atoms with Gasteiger partial charge in [-0.3, -0.25) is 4.79 Å². The molecule has 1 amide bonds. The fraction of sp³-hybridized carbons (Fsp3) is 0.111. The summed E-state index contributed by atoms with van der Waals surface area (Å²) >= 11 is 7.94. The lowest BCUT2D eigenvalue weighted by atomic mass is 10.3. The number of carbonyl (C=O) groups is 1. The standard InChI is InChI=1S/C9H6ClFN4OS2/c10-6-3-5(1-2-7(6)11)12-8(16)4-17-9-13-14-15-18-9/h1-3H,4H2,(H,12,16). The Hall–Kier alpha value is -1.25. The number of hydrogen-bond donors (Lipinski definition) is 1. The predicted octanol–water partition coefficient (Wildman–Crippen LogP) is 2.46. The van der Waals surface area contributed by atoms with Crippen LogP contribution in [0.3, 0.4) is 0 Å². The van der Waals surface area contributed by atoms with Gasteiger partial charge in [0.1, 0.15) is 5.82 Å². The van der Waals surface area contributed by atoms with E-state index in [0.29, 0.717) is 10.0 Å². The van der Waals surface area contributed by atoms with Gasteiger partial charge in [0, 0.05) is 17.2 Å². The van der Waals surface area contributed by atoms with Crippen molar-refractivity contribution in [2.24, 2.45) is 0 Å². The topological polar surface area (TPSA) is 67.8 Å². The Labute approximate surface area is 115 Å². The number of rotatable bonds is 4. The van der Waals surface area contributed by atoms with E-state index in [1.165, 1.54) is 30.0 Å². The molecule has 2 rings (SSSR count). The highest BCUT2D eigenvalue weighted by Gasteiger charge is 2.07. The average molecular weight is 305 g/mol. The number of nitrogens with zero attached hydrogens (tertiary/aromatic N) is 3. The summed E-state index contributed by atoms with van der Waals surface area (Å²) < 4.78 is 17.1. The number of anilines is 1. The smallest absolute Gasteiger partial charge is 0.234 e. The van der Waals surface area contributed by atoms with Crippen molar-refractivity contribution in [3.8, 4) is 0 Å². The molecule has 0 saturated heterocycles. The third kappa shape index (κ3) is 3.62. The lowest BCUT2D eigenvalue weighted by Crippen LogP contribution is -2.13. The molecular formula is C9H6ClFN4OS2. The van der Waals surface area contributed by atoms with Gasteiger partial charge in [-0.25, -0.2) is 4.39 Å². The molecule has 0 saturated carbocycles. The molecule has 0 aliphatic carbocycles. The van der Waals surface area contributed by atoms with Gasteiger partial charge in [0.15, 0.2) is 4.34 Å². The van der Waals surface area contributed by atoms with Crippen molar-refractivity contribution in [3.63, 3.8) is 0 Å². The molecule has 1 aromatic carbocycles. The average Bonchev–Trinajstić information content (AvgIpc) is 2.84. The van der Waals surface area contributed by atoms with Crippen molar-refractivity contribution in [2.75, 3.05) is 11.1 Å². The molecule has 2 aromatic rings. The van der Waals surface area contributed by atoms with Crippen LogP contribution in [0.2, 0.25) is 5.02 Å².